The Morgan fingerprint density at radius 1 is 0.818 bits per heavy atom. The van der Waals surface area contributed by atoms with E-state index in [1.54, 1.807) is 5.48 Å². The quantitative estimate of drug-likeness (QED) is 0.0522. The Hall–Kier alpha value is -5.11. The number of H-pyrrole nitrogens is 1. The van der Waals surface area contributed by atoms with Crippen molar-refractivity contribution in [1.29, 1.82) is 0 Å². The molecular weight excluding hydrogens is 699 g/mol. The van der Waals surface area contributed by atoms with E-state index in [1.165, 1.54) is 0 Å². The zero-order valence-electron chi connectivity index (χ0n) is 30.9. The summed E-state index contributed by atoms with van der Waals surface area (Å²) in [5, 5.41) is 21.3. The summed E-state index contributed by atoms with van der Waals surface area (Å²) in [5.41, 5.74) is 9.17. The number of aliphatic hydroxyl groups excluding tert-OH is 1. The lowest BCUT2D eigenvalue weighted by molar-refractivity contribution is -0.253. The maximum Gasteiger partial charge on any atom is 0.326 e. The smallest absolute Gasteiger partial charge is 0.326 e. The summed E-state index contributed by atoms with van der Waals surface area (Å²) in [5.74, 6) is -0.546. The number of aliphatic hydroxyl groups is 1. The van der Waals surface area contributed by atoms with Crippen molar-refractivity contribution in [1.82, 2.24) is 25.2 Å². The van der Waals surface area contributed by atoms with Crippen LogP contribution in [0.4, 0.5) is 0 Å². The largest absolute Gasteiger partial charge is 0.392 e. The lowest BCUT2D eigenvalue weighted by Gasteiger charge is -2.40. The molecule has 0 radical (unpaired) electrons. The molecule has 3 atom stereocenters. The highest BCUT2D eigenvalue weighted by molar-refractivity contribution is 5.77. The molecule has 7 rings (SSSR count). The summed E-state index contributed by atoms with van der Waals surface area (Å²) in [6, 6.07) is 32.1. The van der Waals surface area contributed by atoms with Gasteiger partial charge in [0.2, 0.25) is 11.8 Å². The average Bonchev–Trinajstić information content (AvgIpc) is 3.57. The van der Waals surface area contributed by atoms with Gasteiger partial charge in [0.05, 0.1) is 29.8 Å². The molecule has 0 unspecified atom stereocenters. The van der Waals surface area contributed by atoms with Crippen molar-refractivity contribution in [2.24, 2.45) is 0 Å². The van der Waals surface area contributed by atoms with Gasteiger partial charge >= 0.3 is 5.69 Å². The van der Waals surface area contributed by atoms with E-state index in [0.717, 1.165) is 76.9 Å². The van der Waals surface area contributed by atoms with Crippen LogP contribution in [0.15, 0.2) is 102 Å². The minimum Gasteiger partial charge on any atom is -0.392 e. The van der Waals surface area contributed by atoms with Crippen molar-refractivity contribution in [3.05, 3.63) is 130 Å². The fraction of sp³-hybridized carbons (Fsp3) is 0.372. The minimum atomic E-state index is -0.587. The van der Waals surface area contributed by atoms with Crippen LogP contribution in [0, 0.1) is 0 Å². The number of rotatable bonds is 14. The highest BCUT2D eigenvalue weighted by atomic mass is 16.7. The number of aromatic amines is 1. The molecule has 2 aliphatic rings. The third kappa shape index (κ3) is 9.41. The predicted octanol–water partition coefficient (Wildman–Crippen LogP) is 6.05. The van der Waals surface area contributed by atoms with Crippen molar-refractivity contribution in [2.45, 2.75) is 82.6 Å². The molecule has 0 bridgehead atoms. The summed E-state index contributed by atoms with van der Waals surface area (Å²) >= 11 is 0. The van der Waals surface area contributed by atoms with Crippen molar-refractivity contribution >= 4 is 22.8 Å². The molecule has 2 amide bonds. The first kappa shape index (κ1) is 38.2. The molecule has 2 aliphatic heterocycles. The Morgan fingerprint density at radius 2 is 1.51 bits per heavy atom. The Morgan fingerprint density at radius 3 is 2.25 bits per heavy atom. The third-order valence-corrected chi connectivity index (χ3v) is 10.8. The van der Waals surface area contributed by atoms with Gasteiger partial charge in [-0.2, -0.15) is 0 Å². The molecule has 2 saturated heterocycles. The van der Waals surface area contributed by atoms with Crippen molar-refractivity contribution in [3.8, 4) is 11.1 Å². The van der Waals surface area contributed by atoms with Gasteiger partial charge in [-0.05, 0) is 65.6 Å². The first-order valence-corrected chi connectivity index (χ1v) is 19.2. The van der Waals surface area contributed by atoms with Crippen LogP contribution in [0.1, 0.15) is 85.6 Å². The molecule has 0 spiro atoms. The molecule has 288 valence electrons. The molecular formula is C43H49N5O7. The van der Waals surface area contributed by atoms with E-state index in [-0.39, 0.29) is 42.9 Å². The number of benzene rings is 4. The average molecular weight is 748 g/mol. The molecule has 5 aromatic rings. The van der Waals surface area contributed by atoms with Crippen molar-refractivity contribution in [3.63, 3.8) is 0 Å². The van der Waals surface area contributed by atoms with Crippen LogP contribution in [0.25, 0.3) is 22.2 Å². The number of imidazole rings is 1. The number of para-hydroxylation sites is 2. The summed E-state index contributed by atoms with van der Waals surface area (Å²) in [6.07, 6.45) is 3.10. The Bertz CT molecular complexity index is 2100. The van der Waals surface area contributed by atoms with E-state index in [9.17, 15) is 19.5 Å². The maximum absolute atomic E-state index is 12.9. The lowest BCUT2D eigenvalue weighted by Crippen LogP contribution is -2.43. The fourth-order valence-electron chi connectivity index (χ4n) is 7.80. The second kappa shape index (κ2) is 18.0. The minimum absolute atomic E-state index is 0.0178. The van der Waals surface area contributed by atoms with E-state index < -0.39 is 12.2 Å². The molecule has 4 aromatic carbocycles. The van der Waals surface area contributed by atoms with Gasteiger partial charge in [0, 0.05) is 57.0 Å². The summed E-state index contributed by atoms with van der Waals surface area (Å²) < 4.78 is 15.3. The number of ether oxygens (including phenoxy) is 2. The Labute approximate surface area is 320 Å². The molecule has 1 aromatic heterocycles. The van der Waals surface area contributed by atoms with Gasteiger partial charge in [-0.25, -0.2) is 10.3 Å². The molecule has 12 heteroatoms. The zero-order valence-corrected chi connectivity index (χ0v) is 30.9. The van der Waals surface area contributed by atoms with Crippen LogP contribution in [0.5, 0.6) is 0 Å². The second-order valence-electron chi connectivity index (χ2n) is 14.5. The second-order valence-corrected chi connectivity index (χ2v) is 14.5. The summed E-state index contributed by atoms with van der Waals surface area (Å²) in [4.78, 5) is 42.0. The molecule has 2 fully saturated rings. The number of nitrogens with zero attached hydrogens (tertiary/aromatic N) is 2. The number of likely N-dealkylation sites (tertiary alicyclic amines) is 1. The van der Waals surface area contributed by atoms with Crippen LogP contribution in [0.2, 0.25) is 0 Å². The number of amides is 2. The van der Waals surface area contributed by atoms with Gasteiger partial charge in [0.15, 0.2) is 6.29 Å². The van der Waals surface area contributed by atoms with Gasteiger partial charge in [-0.15, -0.1) is 0 Å². The highest BCUT2D eigenvalue weighted by Crippen LogP contribution is 2.39. The number of hydrogen-bond donors (Lipinski definition) is 5. The Kier molecular flexibility index (Phi) is 12.5. The third-order valence-electron chi connectivity index (χ3n) is 10.8. The number of carbonyl (C=O) groups excluding carboxylic acids is 2. The van der Waals surface area contributed by atoms with Crippen LogP contribution in [0.3, 0.4) is 0 Å². The van der Waals surface area contributed by atoms with Crippen LogP contribution in [-0.2, 0) is 32.2 Å². The number of hydroxylamine groups is 1. The topological polar surface area (TPSA) is 158 Å². The molecule has 5 N–H and O–H groups in total. The number of nitrogens with one attached hydrogen (secondary N) is 3. The van der Waals surface area contributed by atoms with Crippen LogP contribution < -0.4 is 16.5 Å². The molecule has 55 heavy (non-hydrogen) atoms. The molecule has 3 heterocycles. The van der Waals surface area contributed by atoms with E-state index >= 15 is 0 Å². The van der Waals surface area contributed by atoms with Crippen molar-refractivity contribution < 1.29 is 29.4 Å². The van der Waals surface area contributed by atoms with Crippen LogP contribution in [-0.4, -0.2) is 62.3 Å². The van der Waals surface area contributed by atoms with Gasteiger partial charge in [0.25, 0.3) is 0 Å². The maximum atomic E-state index is 12.9. The van der Waals surface area contributed by atoms with Crippen molar-refractivity contribution in [2.75, 3.05) is 19.6 Å². The monoisotopic (exact) mass is 747 g/mol. The molecule has 0 saturated carbocycles. The number of piperidine rings is 1. The van der Waals surface area contributed by atoms with Gasteiger partial charge in [0.1, 0.15) is 0 Å². The fourth-order valence-corrected chi connectivity index (χ4v) is 7.80. The first-order chi connectivity index (χ1) is 26.9. The van der Waals surface area contributed by atoms with Gasteiger partial charge < -0.3 is 29.8 Å². The highest BCUT2D eigenvalue weighted by Gasteiger charge is 2.34. The standard InChI is InChI=1S/C43H49N5O7/c49-28-29-13-15-31(16-14-29)39-25-35(27-47-23-21-34(22-24-47)48-38-10-4-3-9-37(38)45-43(48)52)54-42(55-39)32-19-17-30(18-20-32)36-8-2-1-7-33(36)26-44-40(50)11-5-6-12-41(51)46-53/h1-4,7-10,13-20,34-35,39,42,49,53H,5-6,11-12,21-28H2,(H,44,50)(H,45,52)(H,46,51)/t35-,39+,42+/m1/s1. The molecule has 0 aliphatic carbocycles. The number of carbonyl (C=O) groups is 2. The van der Waals surface area contributed by atoms with E-state index in [2.05, 4.69) is 27.3 Å². The lowest BCUT2D eigenvalue weighted by atomic mass is 9.97. The Balaban J connectivity index is 1.01. The molecule has 12 nitrogen and oxygen atoms in total. The number of hydrogen-bond acceptors (Lipinski definition) is 8. The number of aromatic nitrogens is 2. The summed E-state index contributed by atoms with van der Waals surface area (Å²) in [6.45, 7) is 2.81. The van der Waals surface area contributed by atoms with Crippen LogP contribution >= 0.6 is 0 Å². The van der Waals surface area contributed by atoms with Gasteiger partial charge in [-0.1, -0.05) is 84.9 Å². The van der Waals surface area contributed by atoms with E-state index in [0.29, 0.717) is 32.2 Å². The van der Waals surface area contributed by atoms with Gasteiger partial charge in [-0.3, -0.25) is 19.4 Å². The predicted molar refractivity (Wildman–Crippen MR) is 208 cm³/mol. The van der Waals surface area contributed by atoms with E-state index in [4.69, 9.17) is 14.7 Å². The number of fused-ring (bicyclic) bond motifs is 1. The first-order valence-electron chi connectivity index (χ1n) is 19.2. The number of unbranched alkanes of at least 4 members (excludes halogenated alkanes) is 1. The van der Waals surface area contributed by atoms with E-state index in [1.807, 2.05) is 89.5 Å². The summed E-state index contributed by atoms with van der Waals surface area (Å²) in [7, 11) is 0. The normalized spacial score (nSPS) is 19.3. The SMILES string of the molecule is O=C(CCCCC(=O)NCc1ccccc1-c1ccc([C@H]2O[C@@H](CN3CCC(n4c(=O)[nH]c5ccccc54)CC3)C[C@@H](c3ccc(CO)cc3)O2)cc1)NO. The zero-order chi connectivity index (χ0) is 38.1.